The molecule has 0 radical (unpaired) electrons. The number of likely N-dealkylation sites (tertiary alicyclic amines) is 1. The smallest absolute Gasteiger partial charge is 0.118 e. The third-order valence-electron chi connectivity index (χ3n) is 5.73. The van der Waals surface area contributed by atoms with Crippen LogP contribution in [0.2, 0.25) is 0 Å². The Hall–Kier alpha value is -1.06. The van der Waals surface area contributed by atoms with Crippen LogP contribution >= 0.6 is 0 Å². The zero-order valence-electron chi connectivity index (χ0n) is 14.7. The van der Waals surface area contributed by atoms with Gasteiger partial charge in [-0.3, -0.25) is 0 Å². The molecular weight excluding hydrogens is 286 g/mol. The van der Waals surface area contributed by atoms with Crippen molar-refractivity contribution < 1.29 is 9.47 Å². The first-order chi connectivity index (χ1) is 11.3. The van der Waals surface area contributed by atoms with Gasteiger partial charge in [0.1, 0.15) is 5.75 Å². The lowest BCUT2D eigenvalue weighted by Gasteiger charge is -2.44. The number of nitrogens with zero attached hydrogens (tertiary/aromatic N) is 1. The van der Waals surface area contributed by atoms with Crippen LogP contribution in [0, 0.1) is 5.92 Å². The number of rotatable bonds is 5. The van der Waals surface area contributed by atoms with Gasteiger partial charge in [-0.1, -0.05) is 31.4 Å². The Morgan fingerprint density at radius 3 is 2.26 bits per heavy atom. The van der Waals surface area contributed by atoms with Gasteiger partial charge in [-0.05, 0) is 56.5 Å². The maximum absolute atomic E-state index is 6.00. The lowest BCUT2D eigenvalue weighted by Crippen LogP contribution is -2.47. The van der Waals surface area contributed by atoms with Gasteiger partial charge >= 0.3 is 0 Å². The Morgan fingerprint density at radius 1 is 0.913 bits per heavy atom. The van der Waals surface area contributed by atoms with Gasteiger partial charge in [0, 0.05) is 19.1 Å². The summed E-state index contributed by atoms with van der Waals surface area (Å²) in [6.07, 6.45) is 9.66. The molecule has 1 heterocycles. The van der Waals surface area contributed by atoms with E-state index in [-0.39, 0.29) is 6.10 Å². The van der Waals surface area contributed by atoms with Gasteiger partial charge in [-0.15, -0.1) is 0 Å². The summed E-state index contributed by atoms with van der Waals surface area (Å²) in [5, 5.41) is 0. The highest BCUT2D eigenvalue weighted by Crippen LogP contribution is 2.40. The molecule has 3 atom stereocenters. The number of benzene rings is 1. The topological polar surface area (TPSA) is 21.7 Å². The maximum Gasteiger partial charge on any atom is 0.118 e. The Balaban J connectivity index is 1.78. The van der Waals surface area contributed by atoms with Crippen molar-refractivity contribution >= 4 is 0 Å². The molecule has 128 valence electrons. The monoisotopic (exact) mass is 317 g/mol. The fraction of sp³-hybridized carbons (Fsp3) is 0.700. The van der Waals surface area contributed by atoms with Crippen molar-refractivity contribution in [3.05, 3.63) is 29.8 Å². The van der Waals surface area contributed by atoms with Crippen molar-refractivity contribution in [1.82, 2.24) is 4.90 Å². The van der Waals surface area contributed by atoms with Crippen LogP contribution in [0.15, 0.2) is 24.3 Å². The molecule has 0 N–H and O–H groups in total. The molecule has 0 aromatic heterocycles. The molecule has 23 heavy (non-hydrogen) atoms. The molecule has 3 rings (SSSR count). The van der Waals surface area contributed by atoms with E-state index >= 15 is 0 Å². The van der Waals surface area contributed by atoms with Crippen molar-refractivity contribution in [3.8, 4) is 5.75 Å². The highest BCUT2D eigenvalue weighted by Gasteiger charge is 2.36. The van der Waals surface area contributed by atoms with Crippen LogP contribution in [-0.2, 0) is 4.74 Å². The number of hydrogen-bond donors (Lipinski definition) is 0. The van der Waals surface area contributed by atoms with E-state index < -0.39 is 0 Å². The Kier molecular flexibility index (Phi) is 5.96. The standard InChI is InChI=1S/C20H31NO2/c1-22-17-12-10-16(11-13-17)20(23-2)18-8-4-5-9-19(18)21-14-6-3-7-15-21/h10-13,18-20H,3-9,14-15H2,1-2H3/t18-,19-,20?/m1/s1. The zero-order chi connectivity index (χ0) is 16.1. The zero-order valence-corrected chi connectivity index (χ0v) is 14.7. The van der Waals surface area contributed by atoms with E-state index in [1.54, 1.807) is 7.11 Å². The van der Waals surface area contributed by atoms with E-state index in [0.717, 1.165) is 5.75 Å². The lowest BCUT2D eigenvalue weighted by atomic mass is 9.77. The molecule has 0 bridgehead atoms. The van der Waals surface area contributed by atoms with Crippen LogP contribution in [0.4, 0.5) is 0 Å². The average Bonchev–Trinajstić information content (AvgIpc) is 2.64. The summed E-state index contributed by atoms with van der Waals surface area (Å²) < 4.78 is 11.3. The molecule has 1 aromatic rings. The molecule has 1 aliphatic carbocycles. The molecule has 2 fully saturated rings. The predicted octanol–water partition coefficient (Wildman–Crippen LogP) is 4.43. The highest BCUT2D eigenvalue weighted by molar-refractivity contribution is 5.29. The molecule has 3 nitrogen and oxygen atoms in total. The normalized spacial score (nSPS) is 27.6. The quantitative estimate of drug-likeness (QED) is 0.802. The SMILES string of the molecule is COc1ccc(C(OC)[C@@H]2CCCC[C@H]2N2CCCCC2)cc1. The second-order valence-electron chi connectivity index (χ2n) is 7.04. The first-order valence-corrected chi connectivity index (χ1v) is 9.24. The summed E-state index contributed by atoms with van der Waals surface area (Å²) in [6.45, 7) is 2.56. The van der Waals surface area contributed by atoms with E-state index in [1.165, 1.54) is 63.6 Å². The van der Waals surface area contributed by atoms with Gasteiger partial charge in [-0.25, -0.2) is 0 Å². The summed E-state index contributed by atoms with van der Waals surface area (Å²) in [5.41, 5.74) is 1.29. The van der Waals surface area contributed by atoms with Crippen LogP contribution in [0.3, 0.4) is 0 Å². The number of hydrogen-bond acceptors (Lipinski definition) is 3. The van der Waals surface area contributed by atoms with Crippen molar-refractivity contribution in [2.45, 2.75) is 57.1 Å². The Morgan fingerprint density at radius 2 is 1.61 bits per heavy atom. The van der Waals surface area contributed by atoms with Gasteiger partial charge in [0.05, 0.1) is 13.2 Å². The Labute approximate surface area is 141 Å². The molecule has 1 unspecified atom stereocenters. The first kappa shape index (κ1) is 16.8. The van der Waals surface area contributed by atoms with Gasteiger partial charge < -0.3 is 14.4 Å². The summed E-state index contributed by atoms with van der Waals surface area (Å²) in [5.74, 6) is 1.53. The third kappa shape index (κ3) is 3.89. The van der Waals surface area contributed by atoms with Gasteiger partial charge in [0.15, 0.2) is 0 Å². The van der Waals surface area contributed by atoms with Gasteiger partial charge in [0.2, 0.25) is 0 Å². The van der Waals surface area contributed by atoms with E-state index in [4.69, 9.17) is 9.47 Å². The summed E-state index contributed by atoms with van der Waals surface area (Å²) >= 11 is 0. The molecule has 3 heteroatoms. The van der Waals surface area contributed by atoms with Crippen molar-refractivity contribution in [2.24, 2.45) is 5.92 Å². The van der Waals surface area contributed by atoms with E-state index in [1.807, 2.05) is 7.11 Å². The number of ether oxygens (including phenoxy) is 2. The van der Waals surface area contributed by atoms with Crippen LogP contribution in [0.1, 0.15) is 56.6 Å². The molecule has 0 amide bonds. The van der Waals surface area contributed by atoms with Crippen molar-refractivity contribution in [3.63, 3.8) is 0 Å². The minimum atomic E-state index is 0.202. The van der Waals surface area contributed by atoms with Gasteiger partial charge in [0.25, 0.3) is 0 Å². The highest BCUT2D eigenvalue weighted by atomic mass is 16.5. The second kappa shape index (κ2) is 8.16. The summed E-state index contributed by atoms with van der Waals surface area (Å²) in [6, 6.07) is 9.15. The van der Waals surface area contributed by atoms with Crippen LogP contribution in [-0.4, -0.2) is 38.3 Å². The molecule has 1 aliphatic heterocycles. The minimum Gasteiger partial charge on any atom is -0.497 e. The van der Waals surface area contributed by atoms with Crippen molar-refractivity contribution in [2.75, 3.05) is 27.3 Å². The fourth-order valence-corrected chi connectivity index (χ4v) is 4.55. The first-order valence-electron chi connectivity index (χ1n) is 9.24. The van der Waals surface area contributed by atoms with Gasteiger partial charge in [-0.2, -0.15) is 0 Å². The van der Waals surface area contributed by atoms with Crippen LogP contribution < -0.4 is 4.74 Å². The third-order valence-corrected chi connectivity index (χ3v) is 5.73. The fourth-order valence-electron chi connectivity index (χ4n) is 4.55. The number of piperidine rings is 1. The van der Waals surface area contributed by atoms with E-state index in [2.05, 4.69) is 29.2 Å². The second-order valence-corrected chi connectivity index (χ2v) is 7.04. The van der Waals surface area contributed by atoms with E-state index in [0.29, 0.717) is 12.0 Å². The largest absolute Gasteiger partial charge is 0.497 e. The number of methoxy groups -OCH3 is 2. The lowest BCUT2D eigenvalue weighted by molar-refractivity contribution is -0.0204. The van der Waals surface area contributed by atoms with Crippen molar-refractivity contribution in [1.29, 1.82) is 0 Å². The predicted molar refractivity (Wildman–Crippen MR) is 93.9 cm³/mol. The Bertz CT molecular complexity index is 467. The summed E-state index contributed by atoms with van der Waals surface area (Å²) in [4.78, 5) is 2.75. The minimum absolute atomic E-state index is 0.202. The molecule has 1 aromatic carbocycles. The van der Waals surface area contributed by atoms with Crippen LogP contribution in [0.5, 0.6) is 5.75 Å². The average molecular weight is 317 g/mol. The summed E-state index contributed by atoms with van der Waals surface area (Å²) in [7, 11) is 3.59. The molecule has 2 aliphatic rings. The maximum atomic E-state index is 6.00. The van der Waals surface area contributed by atoms with E-state index in [9.17, 15) is 0 Å². The molecular formula is C20H31NO2. The molecule has 0 spiro atoms. The van der Waals surface area contributed by atoms with Crippen LogP contribution in [0.25, 0.3) is 0 Å². The molecule has 1 saturated carbocycles. The molecule has 1 saturated heterocycles.